The van der Waals surface area contributed by atoms with Crippen LogP contribution in [0.2, 0.25) is 0 Å². The number of aromatic nitrogens is 2. The number of carbonyl (C=O) groups is 1. The van der Waals surface area contributed by atoms with Crippen molar-refractivity contribution >= 4 is 5.91 Å². The summed E-state index contributed by atoms with van der Waals surface area (Å²) in [6.07, 6.45) is 4.64. The fourth-order valence-electron chi connectivity index (χ4n) is 4.11. The maximum absolute atomic E-state index is 13.9. The van der Waals surface area contributed by atoms with Gasteiger partial charge in [-0.25, -0.2) is 4.39 Å². The van der Waals surface area contributed by atoms with Crippen molar-refractivity contribution in [3.05, 3.63) is 53.1 Å². The first-order valence-electron chi connectivity index (χ1n) is 10.6. The van der Waals surface area contributed by atoms with Crippen LogP contribution in [-0.4, -0.2) is 33.7 Å². The van der Waals surface area contributed by atoms with Crippen LogP contribution in [0, 0.1) is 17.7 Å². The predicted octanol–water partition coefficient (Wildman–Crippen LogP) is 4.73. The van der Waals surface area contributed by atoms with E-state index in [2.05, 4.69) is 18.9 Å². The van der Waals surface area contributed by atoms with Crippen molar-refractivity contribution in [2.45, 2.75) is 59.4 Å². The molecule has 0 aliphatic carbocycles. The molecule has 1 aromatic carbocycles. The molecule has 1 saturated heterocycles. The van der Waals surface area contributed by atoms with Gasteiger partial charge in [0.25, 0.3) is 5.91 Å². The van der Waals surface area contributed by atoms with Gasteiger partial charge >= 0.3 is 0 Å². The van der Waals surface area contributed by atoms with Crippen molar-refractivity contribution in [1.29, 1.82) is 0 Å². The third-order valence-corrected chi connectivity index (χ3v) is 5.55. The molecule has 3 rings (SSSR count). The fraction of sp³-hybridized carbons (Fsp3) is 0.565. The molecule has 28 heavy (non-hydrogen) atoms. The molecule has 1 aliphatic heterocycles. The van der Waals surface area contributed by atoms with Gasteiger partial charge in [-0.3, -0.25) is 9.48 Å². The topological polar surface area (TPSA) is 38.1 Å². The van der Waals surface area contributed by atoms with Crippen LogP contribution in [0.25, 0.3) is 0 Å². The van der Waals surface area contributed by atoms with E-state index in [9.17, 15) is 9.18 Å². The van der Waals surface area contributed by atoms with Gasteiger partial charge in [0.15, 0.2) is 0 Å². The van der Waals surface area contributed by atoms with Crippen LogP contribution in [0.1, 0.15) is 61.8 Å². The molecule has 0 saturated carbocycles. The average molecular weight is 386 g/mol. The summed E-state index contributed by atoms with van der Waals surface area (Å²) < 4.78 is 15.7. The van der Waals surface area contributed by atoms with Crippen LogP contribution >= 0.6 is 0 Å². The van der Waals surface area contributed by atoms with Gasteiger partial charge in [0.2, 0.25) is 0 Å². The Morgan fingerprint density at radius 2 is 2.11 bits per heavy atom. The van der Waals surface area contributed by atoms with Crippen molar-refractivity contribution in [1.82, 2.24) is 14.7 Å². The second kappa shape index (κ2) is 9.35. The predicted molar refractivity (Wildman–Crippen MR) is 110 cm³/mol. The van der Waals surface area contributed by atoms with E-state index >= 15 is 0 Å². The van der Waals surface area contributed by atoms with E-state index < -0.39 is 0 Å². The fourth-order valence-corrected chi connectivity index (χ4v) is 4.11. The van der Waals surface area contributed by atoms with Crippen molar-refractivity contribution in [3.63, 3.8) is 0 Å². The van der Waals surface area contributed by atoms with Crippen LogP contribution in [0.3, 0.4) is 0 Å². The van der Waals surface area contributed by atoms with Gasteiger partial charge in [0.05, 0.1) is 5.69 Å². The highest BCUT2D eigenvalue weighted by molar-refractivity contribution is 5.92. The summed E-state index contributed by atoms with van der Waals surface area (Å²) in [6.45, 7) is 8.60. The van der Waals surface area contributed by atoms with Gasteiger partial charge in [-0.2, -0.15) is 5.10 Å². The Kier molecular flexibility index (Phi) is 6.87. The summed E-state index contributed by atoms with van der Waals surface area (Å²) in [7, 11) is 0. The second-order valence-electron chi connectivity index (χ2n) is 8.32. The molecular weight excluding hydrogens is 353 g/mol. The number of nitrogens with zero attached hydrogens (tertiary/aromatic N) is 3. The molecule has 5 heteroatoms. The highest BCUT2D eigenvalue weighted by Crippen LogP contribution is 2.24. The Morgan fingerprint density at radius 3 is 2.82 bits per heavy atom. The number of likely N-dealkylation sites (tertiary alicyclic amines) is 1. The highest BCUT2D eigenvalue weighted by Gasteiger charge is 2.27. The number of aryl methyl sites for hydroxylation is 2. The van der Waals surface area contributed by atoms with Crippen LogP contribution in [0.5, 0.6) is 0 Å². The normalized spacial score (nSPS) is 17.3. The van der Waals surface area contributed by atoms with Crippen molar-refractivity contribution in [2.24, 2.45) is 11.8 Å². The van der Waals surface area contributed by atoms with E-state index in [0.717, 1.165) is 56.5 Å². The molecule has 4 nitrogen and oxygen atoms in total. The van der Waals surface area contributed by atoms with Crippen LogP contribution in [-0.2, 0) is 19.4 Å². The molecule has 152 valence electrons. The Balaban J connectivity index is 1.64. The summed E-state index contributed by atoms with van der Waals surface area (Å²) in [5.74, 6) is 0.891. The number of hydrogen-bond donors (Lipinski definition) is 0. The molecule has 2 aromatic rings. The molecule has 0 bridgehead atoms. The lowest BCUT2D eigenvalue weighted by Crippen LogP contribution is -2.40. The lowest BCUT2D eigenvalue weighted by Gasteiger charge is -2.33. The Morgan fingerprint density at radius 1 is 1.32 bits per heavy atom. The first-order chi connectivity index (χ1) is 13.5. The summed E-state index contributed by atoms with van der Waals surface area (Å²) in [5, 5.41) is 4.62. The largest absolute Gasteiger partial charge is 0.337 e. The first kappa shape index (κ1) is 20.6. The second-order valence-corrected chi connectivity index (χ2v) is 8.32. The molecule has 0 unspecified atom stereocenters. The van der Waals surface area contributed by atoms with E-state index in [0.29, 0.717) is 24.1 Å². The number of rotatable bonds is 7. The van der Waals surface area contributed by atoms with E-state index in [1.165, 1.54) is 6.07 Å². The van der Waals surface area contributed by atoms with E-state index in [-0.39, 0.29) is 11.7 Å². The van der Waals surface area contributed by atoms with Crippen LogP contribution < -0.4 is 0 Å². The molecule has 2 heterocycles. The van der Waals surface area contributed by atoms with Gasteiger partial charge in [-0.05, 0) is 68.6 Å². The van der Waals surface area contributed by atoms with Gasteiger partial charge in [-0.1, -0.05) is 32.0 Å². The monoisotopic (exact) mass is 385 g/mol. The highest BCUT2D eigenvalue weighted by atomic mass is 19.1. The SMILES string of the molecule is CCn1nc(CC(C)C)cc1C(=O)N1CCC[C@@H](CCc2ccccc2F)C1. The van der Waals surface area contributed by atoms with Gasteiger partial charge < -0.3 is 4.90 Å². The summed E-state index contributed by atoms with van der Waals surface area (Å²) in [6, 6.07) is 8.96. The number of halogens is 1. The molecule has 0 N–H and O–H groups in total. The minimum Gasteiger partial charge on any atom is -0.337 e. The maximum Gasteiger partial charge on any atom is 0.272 e. The molecular formula is C23H32FN3O. The Labute approximate surface area is 167 Å². The van der Waals surface area contributed by atoms with Gasteiger partial charge in [0.1, 0.15) is 11.5 Å². The van der Waals surface area contributed by atoms with Crippen molar-refractivity contribution in [3.8, 4) is 0 Å². The average Bonchev–Trinajstić information content (AvgIpc) is 3.09. The number of amides is 1. The number of hydrogen-bond acceptors (Lipinski definition) is 2. The van der Waals surface area contributed by atoms with E-state index in [1.807, 2.05) is 34.7 Å². The molecule has 1 aromatic heterocycles. The van der Waals surface area contributed by atoms with E-state index in [4.69, 9.17) is 0 Å². The smallest absolute Gasteiger partial charge is 0.272 e. The van der Waals surface area contributed by atoms with E-state index in [1.54, 1.807) is 6.07 Å². The molecule has 0 spiro atoms. The first-order valence-corrected chi connectivity index (χ1v) is 10.6. The van der Waals surface area contributed by atoms with Crippen LogP contribution in [0.4, 0.5) is 4.39 Å². The molecule has 1 atom stereocenters. The minimum atomic E-state index is -0.129. The zero-order valence-electron chi connectivity index (χ0n) is 17.3. The summed E-state index contributed by atoms with van der Waals surface area (Å²) >= 11 is 0. The molecule has 0 radical (unpaired) electrons. The zero-order valence-corrected chi connectivity index (χ0v) is 17.3. The van der Waals surface area contributed by atoms with Crippen molar-refractivity contribution in [2.75, 3.05) is 13.1 Å². The molecule has 1 aliphatic rings. The van der Waals surface area contributed by atoms with Crippen molar-refractivity contribution < 1.29 is 9.18 Å². The number of carbonyl (C=O) groups excluding carboxylic acids is 1. The Bertz CT molecular complexity index is 799. The Hall–Kier alpha value is -2.17. The zero-order chi connectivity index (χ0) is 20.1. The lowest BCUT2D eigenvalue weighted by molar-refractivity contribution is 0.0655. The van der Waals surface area contributed by atoms with Gasteiger partial charge in [-0.15, -0.1) is 0 Å². The number of benzene rings is 1. The number of piperidine rings is 1. The maximum atomic E-state index is 13.9. The third kappa shape index (κ3) is 5.00. The third-order valence-electron chi connectivity index (χ3n) is 5.55. The lowest BCUT2D eigenvalue weighted by atomic mass is 9.91. The summed E-state index contributed by atoms with van der Waals surface area (Å²) in [5.41, 5.74) is 2.47. The molecule has 1 fully saturated rings. The quantitative estimate of drug-likeness (QED) is 0.691. The summed E-state index contributed by atoms with van der Waals surface area (Å²) in [4.78, 5) is 15.1. The minimum absolute atomic E-state index is 0.0833. The standard InChI is InChI=1S/C23H32FN3O/c1-4-27-22(15-20(25-27)14-17(2)3)23(28)26-13-7-8-18(16-26)11-12-19-9-5-6-10-21(19)24/h5-6,9-10,15,17-18H,4,7-8,11-14,16H2,1-3H3/t18-/m0/s1. The van der Waals surface area contributed by atoms with Gasteiger partial charge in [0, 0.05) is 19.6 Å². The molecule has 1 amide bonds. The van der Waals surface area contributed by atoms with Crippen LogP contribution in [0.15, 0.2) is 30.3 Å².